The lowest BCUT2D eigenvalue weighted by Gasteiger charge is -2.31. The van der Waals surface area contributed by atoms with Gasteiger partial charge in [-0.1, -0.05) is 24.3 Å². The first-order valence-corrected chi connectivity index (χ1v) is 10.3. The molecule has 0 aromatic heterocycles. The quantitative estimate of drug-likeness (QED) is 0.722. The molecule has 3 heteroatoms. The average Bonchev–Trinajstić information content (AvgIpc) is 2.72. The number of nitrogens with zero attached hydrogens (tertiary/aromatic N) is 1. The third-order valence-electron chi connectivity index (χ3n) is 6.32. The highest BCUT2D eigenvalue weighted by molar-refractivity contribution is 5.48. The van der Waals surface area contributed by atoms with Crippen molar-refractivity contribution in [2.75, 3.05) is 27.3 Å². The fourth-order valence-electron chi connectivity index (χ4n) is 4.85. The summed E-state index contributed by atoms with van der Waals surface area (Å²) in [5.74, 6) is 2.45. The summed E-state index contributed by atoms with van der Waals surface area (Å²) in [5.41, 5.74) is 6.00. The van der Waals surface area contributed by atoms with Crippen LogP contribution in [-0.2, 0) is 19.4 Å². The van der Waals surface area contributed by atoms with Gasteiger partial charge in [0.05, 0.1) is 14.2 Å². The number of hydrogen-bond acceptors (Lipinski definition) is 3. The summed E-state index contributed by atoms with van der Waals surface area (Å²) in [7, 11) is 3.43. The molecule has 2 aromatic rings. The lowest BCUT2D eigenvalue weighted by Crippen LogP contribution is -2.31. The molecule has 1 aliphatic carbocycles. The second-order valence-corrected chi connectivity index (χ2v) is 7.93. The molecule has 0 spiro atoms. The van der Waals surface area contributed by atoms with E-state index in [1.807, 2.05) is 0 Å². The van der Waals surface area contributed by atoms with E-state index in [9.17, 15) is 0 Å². The molecule has 2 aromatic carbocycles. The molecule has 0 fully saturated rings. The summed E-state index contributed by atoms with van der Waals surface area (Å²) in [4.78, 5) is 2.60. The standard InChI is InChI=1S/C24H31NO2/c1-26-23-15-20-12-14-25(17-21(20)16-24(23)27-2)13-6-10-19-9-5-8-18-7-3-4-11-22(18)19/h3-4,7,11,15-16,19H,5-6,8-10,12-14,17H2,1-2H3. The Kier molecular flexibility index (Phi) is 5.68. The van der Waals surface area contributed by atoms with Crippen LogP contribution < -0.4 is 9.47 Å². The van der Waals surface area contributed by atoms with Crippen molar-refractivity contribution < 1.29 is 9.47 Å². The van der Waals surface area contributed by atoms with Crippen LogP contribution >= 0.6 is 0 Å². The molecule has 1 atom stereocenters. The minimum atomic E-state index is 0.761. The van der Waals surface area contributed by atoms with Gasteiger partial charge in [-0.2, -0.15) is 0 Å². The molecule has 4 rings (SSSR count). The average molecular weight is 366 g/mol. The van der Waals surface area contributed by atoms with Gasteiger partial charge in [0, 0.05) is 13.1 Å². The third-order valence-corrected chi connectivity index (χ3v) is 6.32. The first kappa shape index (κ1) is 18.4. The second kappa shape index (κ2) is 8.35. The predicted molar refractivity (Wildman–Crippen MR) is 110 cm³/mol. The molecule has 3 nitrogen and oxygen atoms in total. The van der Waals surface area contributed by atoms with Crippen molar-refractivity contribution in [2.24, 2.45) is 0 Å². The largest absolute Gasteiger partial charge is 0.493 e. The molecule has 0 saturated heterocycles. The summed E-state index contributed by atoms with van der Waals surface area (Å²) in [6, 6.07) is 13.4. The zero-order valence-electron chi connectivity index (χ0n) is 16.7. The molecule has 0 radical (unpaired) electrons. The molecule has 144 valence electrons. The van der Waals surface area contributed by atoms with E-state index in [0.29, 0.717) is 0 Å². The molecule has 2 aliphatic rings. The molecular weight excluding hydrogens is 334 g/mol. The third kappa shape index (κ3) is 3.98. The Balaban J connectivity index is 1.35. The molecule has 27 heavy (non-hydrogen) atoms. The maximum absolute atomic E-state index is 5.49. The smallest absolute Gasteiger partial charge is 0.161 e. The van der Waals surface area contributed by atoms with Crippen LogP contribution in [0, 0.1) is 0 Å². The summed E-state index contributed by atoms with van der Waals surface area (Å²) in [5, 5.41) is 0. The fourth-order valence-corrected chi connectivity index (χ4v) is 4.85. The van der Waals surface area contributed by atoms with Gasteiger partial charge in [-0.15, -0.1) is 0 Å². The van der Waals surface area contributed by atoms with Gasteiger partial charge < -0.3 is 9.47 Å². The molecule has 1 aliphatic heterocycles. The highest BCUT2D eigenvalue weighted by Crippen LogP contribution is 2.36. The molecular formula is C24H31NO2. The van der Waals surface area contributed by atoms with Crippen molar-refractivity contribution in [3.05, 3.63) is 58.7 Å². The zero-order chi connectivity index (χ0) is 18.6. The molecule has 0 saturated carbocycles. The van der Waals surface area contributed by atoms with E-state index in [1.165, 1.54) is 49.8 Å². The van der Waals surface area contributed by atoms with Gasteiger partial charge >= 0.3 is 0 Å². The normalized spacial score (nSPS) is 19.3. The van der Waals surface area contributed by atoms with Crippen molar-refractivity contribution in [3.8, 4) is 11.5 Å². The van der Waals surface area contributed by atoms with Crippen molar-refractivity contribution in [1.82, 2.24) is 4.90 Å². The maximum atomic E-state index is 5.49. The van der Waals surface area contributed by atoms with E-state index < -0.39 is 0 Å². The van der Waals surface area contributed by atoms with Gasteiger partial charge in [-0.05, 0) is 85.4 Å². The number of methoxy groups -OCH3 is 2. The highest BCUT2D eigenvalue weighted by Gasteiger charge is 2.22. The number of hydrogen-bond donors (Lipinski definition) is 0. The van der Waals surface area contributed by atoms with Crippen LogP contribution in [0.2, 0.25) is 0 Å². The highest BCUT2D eigenvalue weighted by atomic mass is 16.5. The Labute approximate surface area is 163 Å². The lowest BCUT2D eigenvalue weighted by molar-refractivity contribution is 0.244. The van der Waals surface area contributed by atoms with Crippen LogP contribution in [0.5, 0.6) is 11.5 Å². The van der Waals surface area contributed by atoms with E-state index in [4.69, 9.17) is 9.47 Å². The fraction of sp³-hybridized carbons (Fsp3) is 0.500. The molecule has 1 unspecified atom stereocenters. The number of rotatable bonds is 6. The SMILES string of the molecule is COc1cc2c(cc1OC)CN(CCCC1CCCc3ccccc31)CC2. The number of ether oxygens (including phenoxy) is 2. The van der Waals surface area contributed by atoms with Gasteiger partial charge in [-0.3, -0.25) is 4.90 Å². The Hall–Kier alpha value is -2.00. The van der Waals surface area contributed by atoms with Crippen LogP contribution in [0.15, 0.2) is 36.4 Å². The molecule has 0 bridgehead atoms. The van der Waals surface area contributed by atoms with E-state index >= 15 is 0 Å². The summed E-state index contributed by atoms with van der Waals surface area (Å²) in [6.45, 7) is 3.35. The van der Waals surface area contributed by atoms with Crippen LogP contribution in [0.4, 0.5) is 0 Å². The minimum Gasteiger partial charge on any atom is -0.493 e. The van der Waals surface area contributed by atoms with Crippen molar-refractivity contribution in [2.45, 2.75) is 51.0 Å². The second-order valence-electron chi connectivity index (χ2n) is 7.93. The number of benzene rings is 2. The van der Waals surface area contributed by atoms with Crippen molar-refractivity contribution in [3.63, 3.8) is 0 Å². The van der Waals surface area contributed by atoms with Gasteiger partial charge in [-0.25, -0.2) is 0 Å². The zero-order valence-corrected chi connectivity index (χ0v) is 16.7. The first-order valence-electron chi connectivity index (χ1n) is 10.3. The van der Waals surface area contributed by atoms with Crippen LogP contribution in [0.1, 0.15) is 53.9 Å². The topological polar surface area (TPSA) is 21.7 Å². The maximum Gasteiger partial charge on any atom is 0.161 e. The Bertz CT molecular complexity index is 786. The Morgan fingerprint density at radius 3 is 2.56 bits per heavy atom. The molecule has 0 N–H and O–H groups in total. The number of fused-ring (bicyclic) bond motifs is 2. The van der Waals surface area contributed by atoms with Gasteiger partial charge in [0.25, 0.3) is 0 Å². The minimum absolute atomic E-state index is 0.761. The summed E-state index contributed by atoms with van der Waals surface area (Å²) in [6.07, 6.45) is 7.66. The molecule has 1 heterocycles. The van der Waals surface area contributed by atoms with Crippen LogP contribution in [-0.4, -0.2) is 32.2 Å². The summed E-state index contributed by atoms with van der Waals surface area (Å²) < 4.78 is 10.9. The lowest BCUT2D eigenvalue weighted by atomic mass is 9.80. The molecule has 0 amide bonds. The Morgan fingerprint density at radius 2 is 1.74 bits per heavy atom. The van der Waals surface area contributed by atoms with Crippen molar-refractivity contribution in [1.29, 1.82) is 0 Å². The summed E-state index contributed by atoms with van der Waals surface area (Å²) >= 11 is 0. The predicted octanol–water partition coefficient (Wildman–Crippen LogP) is 4.96. The van der Waals surface area contributed by atoms with Gasteiger partial charge in [0.15, 0.2) is 11.5 Å². The Morgan fingerprint density at radius 1 is 0.963 bits per heavy atom. The van der Waals surface area contributed by atoms with Crippen LogP contribution in [0.3, 0.4) is 0 Å². The van der Waals surface area contributed by atoms with E-state index in [-0.39, 0.29) is 0 Å². The monoisotopic (exact) mass is 365 g/mol. The van der Waals surface area contributed by atoms with E-state index in [1.54, 1.807) is 25.3 Å². The van der Waals surface area contributed by atoms with Gasteiger partial charge in [0.2, 0.25) is 0 Å². The first-order chi connectivity index (χ1) is 13.3. The van der Waals surface area contributed by atoms with Crippen LogP contribution in [0.25, 0.3) is 0 Å². The van der Waals surface area contributed by atoms with E-state index in [2.05, 4.69) is 41.3 Å². The van der Waals surface area contributed by atoms with Gasteiger partial charge in [0.1, 0.15) is 0 Å². The van der Waals surface area contributed by atoms with E-state index in [0.717, 1.165) is 36.9 Å². The number of aryl methyl sites for hydroxylation is 1. The van der Waals surface area contributed by atoms with Crippen molar-refractivity contribution >= 4 is 0 Å².